The number of rotatable bonds is 7. The summed E-state index contributed by atoms with van der Waals surface area (Å²) in [5, 5.41) is 10.1. The van der Waals surface area contributed by atoms with E-state index < -0.39 is 0 Å². The van der Waals surface area contributed by atoms with Crippen molar-refractivity contribution in [1.29, 1.82) is 0 Å². The zero-order valence-corrected chi connectivity index (χ0v) is 18.5. The Morgan fingerprint density at radius 1 is 1.20 bits per heavy atom. The molecular formula is C22H30N4O3S. The number of aryl methyl sites for hydroxylation is 1. The first-order valence-electron chi connectivity index (χ1n) is 10.6. The third kappa shape index (κ3) is 4.87. The normalized spacial score (nSPS) is 17.7. The molecule has 0 aliphatic carbocycles. The first-order valence-corrected chi connectivity index (χ1v) is 11.5. The van der Waals surface area contributed by atoms with Crippen LogP contribution >= 0.6 is 11.3 Å². The van der Waals surface area contributed by atoms with Gasteiger partial charge in [-0.25, -0.2) is 4.98 Å². The molecule has 2 aliphatic heterocycles. The summed E-state index contributed by atoms with van der Waals surface area (Å²) >= 11 is 1.69. The molecule has 0 radical (unpaired) electrons. The molecule has 1 aromatic carbocycles. The minimum Gasteiger partial charge on any atom is -0.454 e. The quantitative estimate of drug-likeness (QED) is 0.519. The first kappa shape index (κ1) is 20.9. The van der Waals surface area contributed by atoms with Crippen LogP contribution in [0, 0.1) is 6.92 Å². The second-order valence-corrected chi connectivity index (χ2v) is 8.75. The van der Waals surface area contributed by atoms with Crippen LogP contribution in [0.2, 0.25) is 0 Å². The number of ether oxygens (including phenoxy) is 3. The summed E-state index contributed by atoms with van der Waals surface area (Å²) in [6, 6.07) is 6.28. The van der Waals surface area contributed by atoms with E-state index >= 15 is 0 Å². The van der Waals surface area contributed by atoms with E-state index in [1.165, 1.54) is 5.56 Å². The van der Waals surface area contributed by atoms with Gasteiger partial charge in [0, 0.05) is 43.5 Å². The van der Waals surface area contributed by atoms with Gasteiger partial charge in [0.1, 0.15) is 0 Å². The van der Waals surface area contributed by atoms with Crippen molar-refractivity contribution >= 4 is 17.3 Å². The van der Waals surface area contributed by atoms with Crippen LogP contribution in [0.15, 0.2) is 28.6 Å². The minimum absolute atomic E-state index is 0.0619. The molecule has 0 unspecified atom stereocenters. The summed E-state index contributed by atoms with van der Waals surface area (Å²) in [6.07, 6.45) is 2.76. The van der Waals surface area contributed by atoms with Crippen molar-refractivity contribution in [3.05, 3.63) is 39.8 Å². The molecule has 4 rings (SSSR count). The van der Waals surface area contributed by atoms with Crippen LogP contribution in [-0.4, -0.2) is 50.6 Å². The van der Waals surface area contributed by atoms with Gasteiger partial charge < -0.3 is 24.8 Å². The predicted octanol–water partition coefficient (Wildman–Crippen LogP) is 3.03. The monoisotopic (exact) mass is 430 g/mol. The third-order valence-electron chi connectivity index (χ3n) is 5.66. The highest BCUT2D eigenvalue weighted by Gasteiger charge is 2.35. The Labute approximate surface area is 181 Å². The lowest BCUT2D eigenvalue weighted by molar-refractivity contribution is 0.0530. The molecule has 2 aliphatic rings. The summed E-state index contributed by atoms with van der Waals surface area (Å²) < 4.78 is 16.8. The lowest BCUT2D eigenvalue weighted by Crippen LogP contribution is -2.41. The smallest absolute Gasteiger partial charge is 0.231 e. The van der Waals surface area contributed by atoms with Gasteiger partial charge in [0.05, 0.1) is 17.2 Å². The fourth-order valence-corrected chi connectivity index (χ4v) is 4.58. The zero-order chi connectivity index (χ0) is 20.8. The summed E-state index contributed by atoms with van der Waals surface area (Å²) in [5.41, 5.74) is 2.31. The fraction of sp³-hybridized carbons (Fsp3) is 0.545. The molecule has 1 saturated heterocycles. The molecule has 1 fully saturated rings. The molecule has 0 spiro atoms. The van der Waals surface area contributed by atoms with Gasteiger partial charge >= 0.3 is 0 Å². The number of aliphatic imine (C=N–C) groups is 1. The van der Waals surface area contributed by atoms with E-state index in [2.05, 4.69) is 40.1 Å². The summed E-state index contributed by atoms with van der Waals surface area (Å²) in [6.45, 7) is 8.23. The number of thiazole rings is 1. The van der Waals surface area contributed by atoms with Gasteiger partial charge in [0.2, 0.25) is 6.79 Å². The van der Waals surface area contributed by atoms with Crippen LogP contribution in [0.5, 0.6) is 11.5 Å². The van der Waals surface area contributed by atoms with Crippen LogP contribution in [-0.2, 0) is 16.6 Å². The Balaban J connectivity index is 1.47. The van der Waals surface area contributed by atoms with Crippen LogP contribution < -0.4 is 20.1 Å². The van der Waals surface area contributed by atoms with Gasteiger partial charge in [0.25, 0.3) is 0 Å². The van der Waals surface area contributed by atoms with Crippen molar-refractivity contribution in [1.82, 2.24) is 15.6 Å². The average molecular weight is 431 g/mol. The summed E-state index contributed by atoms with van der Waals surface area (Å²) in [7, 11) is 0. The zero-order valence-electron chi connectivity index (χ0n) is 17.7. The molecule has 162 valence electrons. The van der Waals surface area contributed by atoms with Gasteiger partial charge in [-0.3, -0.25) is 4.99 Å². The molecule has 30 heavy (non-hydrogen) atoms. The van der Waals surface area contributed by atoms with E-state index in [0.29, 0.717) is 13.3 Å². The second-order valence-electron chi connectivity index (χ2n) is 7.69. The Bertz CT molecular complexity index is 877. The number of fused-ring (bicyclic) bond motifs is 1. The number of nitrogens with one attached hydrogen (secondary N) is 2. The lowest BCUT2D eigenvalue weighted by Gasteiger charge is -2.36. The summed E-state index contributed by atoms with van der Waals surface area (Å²) in [4.78, 5) is 9.50. The molecule has 0 amide bonds. The Kier molecular flexibility index (Phi) is 6.74. The number of hydrogen-bond donors (Lipinski definition) is 2. The molecule has 2 N–H and O–H groups in total. The van der Waals surface area contributed by atoms with Crippen LogP contribution in [0.3, 0.4) is 0 Å². The van der Waals surface area contributed by atoms with E-state index in [0.717, 1.165) is 73.7 Å². The largest absolute Gasteiger partial charge is 0.454 e. The van der Waals surface area contributed by atoms with Gasteiger partial charge in [-0.1, -0.05) is 6.07 Å². The maximum absolute atomic E-state index is 5.67. The highest BCUT2D eigenvalue weighted by atomic mass is 32.1. The van der Waals surface area contributed by atoms with Crippen molar-refractivity contribution in [3.63, 3.8) is 0 Å². The third-order valence-corrected chi connectivity index (χ3v) is 6.48. The second kappa shape index (κ2) is 9.66. The first-order chi connectivity index (χ1) is 14.7. The average Bonchev–Trinajstić information content (AvgIpc) is 3.41. The standard InChI is InChI=1S/C22H30N4O3S/c1-3-23-21(24-9-6-18-13-30-16(2)26-18)25-14-22(7-10-27-11-8-22)17-4-5-19-20(12-17)29-15-28-19/h4-5,12-13H,3,6-11,14-15H2,1-2H3,(H2,23,24,25). The molecule has 0 bridgehead atoms. The summed E-state index contributed by atoms with van der Waals surface area (Å²) in [5.74, 6) is 2.48. The van der Waals surface area contributed by atoms with Crippen molar-refractivity contribution in [2.45, 2.75) is 38.5 Å². The van der Waals surface area contributed by atoms with Crippen molar-refractivity contribution in [3.8, 4) is 11.5 Å². The number of hydrogen-bond acceptors (Lipinski definition) is 6. The van der Waals surface area contributed by atoms with Gasteiger partial charge in [-0.05, 0) is 44.4 Å². The molecule has 7 nitrogen and oxygen atoms in total. The Morgan fingerprint density at radius 3 is 2.80 bits per heavy atom. The van der Waals surface area contributed by atoms with E-state index in [1.54, 1.807) is 11.3 Å². The minimum atomic E-state index is -0.0619. The van der Waals surface area contributed by atoms with E-state index in [4.69, 9.17) is 19.2 Å². The van der Waals surface area contributed by atoms with Gasteiger partial charge in [-0.15, -0.1) is 11.3 Å². The molecule has 2 aromatic rings. The Hall–Kier alpha value is -2.32. The van der Waals surface area contributed by atoms with E-state index in [9.17, 15) is 0 Å². The van der Waals surface area contributed by atoms with Crippen LogP contribution in [0.1, 0.15) is 36.0 Å². The number of benzene rings is 1. The Morgan fingerprint density at radius 2 is 2.03 bits per heavy atom. The predicted molar refractivity (Wildman–Crippen MR) is 119 cm³/mol. The van der Waals surface area contributed by atoms with Crippen LogP contribution in [0.25, 0.3) is 0 Å². The lowest BCUT2D eigenvalue weighted by atomic mass is 9.74. The van der Waals surface area contributed by atoms with Crippen molar-refractivity contribution in [2.24, 2.45) is 4.99 Å². The number of guanidine groups is 1. The molecule has 0 atom stereocenters. The topological polar surface area (TPSA) is 77.0 Å². The van der Waals surface area contributed by atoms with E-state index in [-0.39, 0.29) is 5.41 Å². The van der Waals surface area contributed by atoms with Gasteiger partial charge in [0.15, 0.2) is 17.5 Å². The molecule has 1 aromatic heterocycles. The van der Waals surface area contributed by atoms with Crippen molar-refractivity contribution < 1.29 is 14.2 Å². The molecular weight excluding hydrogens is 400 g/mol. The number of nitrogens with zero attached hydrogens (tertiary/aromatic N) is 2. The van der Waals surface area contributed by atoms with Crippen LogP contribution in [0.4, 0.5) is 0 Å². The molecule has 3 heterocycles. The van der Waals surface area contributed by atoms with E-state index in [1.807, 2.05) is 13.0 Å². The molecule has 8 heteroatoms. The highest BCUT2D eigenvalue weighted by Crippen LogP contribution is 2.41. The molecule has 0 saturated carbocycles. The SMILES string of the molecule is CCNC(=NCC1(c2ccc3c(c2)OCO3)CCOCC1)NCCc1csc(C)n1. The fourth-order valence-electron chi connectivity index (χ4n) is 3.93. The number of aromatic nitrogens is 1. The van der Waals surface area contributed by atoms with Gasteiger partial charge in [-0.2, -0.15) is 0 Å². The maximum Gasteiger partial charge on any atom is 0.231 e. The maximum atomic E-state index is 5.67. The highest BCUT2D eigenvalue weighted by molar-refractivity contribution is 7.09. The van der Waals surface area contributed by atoms with Crippen molar-refractivity contribution in [2.75, 3.05) is 39.6 Å².